The van der Waals surface area contributed by atoms with Gasteiger partial charge in [-0.2, -0.15) is 5.10 Å². The normalized spacial score (nSPS) is 14.8. The first-order chi connectivity index (χ1) is 15.4. The van der Waals surface area contributed by atoms with Crippen molar-refractivity contribution in [3.8, 4) is 0 Å². The van der Waals surface area contributed by atoms with E-state index in [-0.39, 0.29) is 23.2 Å². The topological polar surface area (TPSA) is 70.5 Å². The van der Waals surface area contributed by atoms with Gasteiger partial charge in [0.1, 0.15) is 0 Å². The quantitative estimate of drug-likeness (QED) is 0.665. The number of nitrogens with one attached hydrogen (secondary N) is 1. The number of aromatic nitrogens is 2. The number of hydrogen-bond acceptors (Lipinski definition) is 5. The van der Waals surface area contributed by atoms with Crippen LogP contribution in [0.5, 0.6) is 0 Å². The molecule has 0 saturated carbocycles. The minimum absolute atomic E-state index is 0.146. The summed E-state index contributed by atoms with van der Waals surface area (Å²) in [7, 11) is 0. The van der Waals surface area contributed by atoms with Gasteiger partial charge in [0.15, 0.2) is 5.69 Å². The Kier molecular flexibility index (Phi) is 6.28. The van der Waals surface area contributed by atoms with Gasteiger partial charge in [-0.15, -0.1) is 0 Å². The summed E-state index contributed by atoms with van der Waals surface area (Å²) in [6.07, 6.45) is 0. The molecule has 1 fully saturated rings. The van der Waals surface area contributed by atoms with Crippen molar-refractivity contribution >= 4 is 28.1 Å². The maximum absolute atomic E-state index is 13.2. The molecule has 2 aromatic carbocycles. The number of rotatable bonds is 5. The Morgan fingerprint density at radius 2 is 1.75 bits per heavy atom. The minimum Gasteiger partial charge on any atom is -0.369 e. The van der Waals surface area contributed by atoms with Gasteiger partial charge < -0.3 is 15.1 Å². The molecule has 1 saturated heterocycles. The molecule has 1 aromatic heterocycles. The number of benzene rings is 2. The smallest absolute Gasteiger partial charge is 0.276 e. The van der Waals surface area contributed by atoms with Gasteiger partial charge in [0.05, 0.1) is 11.4 Å². The molecule has 1 N–H and O–H groups in total. The van der Waals surface area contributed by atoms with Crippen molar-refractivity contribution in [2.24, 2.45) is 0 Å². The monoisotopic (exact) mass is 433 g/mol. The van der Waals surface area contributed by atoms with E-state index in [9.17, 15) is 9.59 Å². The molecule has 7 nitrogen and oxygen atoms in total. The van der Waals surface area contributed by atoms with Gasteiger partial charge in [0.25, 0.3) is 11.5 Å². The molecule has 7 heteroatoms. The van der Waals surface area contributed by atoms with E-state index in [1.54, 1.807) is 18.2 Å². The van der Waals surface area contributed by atoms with Crippen LogP contribution in [0.3, 0.4) is 0 Å². The summed E-state index contributed by atoms with van der Waals surface area (Å²) in [5.41, 5.74) is 2.99. The first kappa shape index (κ1) is 22.0. The van der Waals surface area contributed by atoms with Crippen molar-refractivity contribution in [3.63, 3.8) is 0 Å². The number of anilines is 2. The maximum Gasteiger partial charge on any atom is 0.276 e. The molecule has 0 aliphatic carbocycles. The highest BCUT2D eigenvalue weighted by Crippen LogP contribution is 2.25. The van der Waals surface area contributed by atoms with Crippen LogP contribution >= 0.6 is 0 Å². The van der Waals surface area contributed by atoms with E-state index in [0.717, 1.165) is 44.0 Å². The Balaban J connectivity index is 1.60. The van der Waals surface area contributed by atoms with E-state index in [1.165, 1.54) is 10.4 Å². The SMILES string of the molecule is CCN1CCN(c2ccc(NC(=O)c3nn(C(C)C)c(=O)c4ccccc34)c(C)c2)CC1. The van der Waals surface area contributed by atoms with Crippen LogP contribution in [0.1, 0.15) is 42.9 Å². The number of hydrogen-bond donors (Lipinski definition) is 1. The zero-order chi connectivity index (χ0) is 22.8. The summed E-state index contributed by atoms with van der Waals surface area (Å²) in [5.74, 6) is -0.317. The maximum atomic E-state index is 13.2. The molecule has 0 atom stereocenters. The van der Waals surface area contributed by atoms with E-state index in [0.29, 0.717) is 10.8 Å². The number of carbonyl (C=O) groups is 1. The summed E-state index contributed by atoms with van der Waals surface area (Å²) in [4.78, 5) is 30.8. The molecule has 0 bridgehead atoms. The average Bonchev–Trinajstić information content (AvgIpc) is 2.80. The standard InChI is InChI=1S/C25H31N5O2/c1-5-28-12-14-29(15-13-28)19-10-11-22(18(4)16-19)26-24(31)23-20-8-6-7-9-21(20)25(32)30(27-23)17(2)3/h6-11,16-17H,5,12-15H2,1-4H3,(H,26,31). The highest BCUT2D eigenvalue weighted by molar-refractivity contribution is 6.11. The second kappa shape index (κ2) is 9.12. The van der Waals surface area contributed by atoms with Crippen molar-refractivity contribution in [2.75, 3.05) is 42.9 Å². The minimum atomic E-state index is -0.317. The van der Waals surface area contributed by atoms with Crippen molar-refractivity contribution in [3.05, 3.63) is 64.1 Å². The lowest BCUT2D eigenvalue weighted by atomic mass is 10.1. The van der Waals surface area contributed by atoms with Gasteiger partial charge in [-0.25, -0.2) is 4.68 Å². The number of fused-ring (bicyclic) bond motifs is 1. The van der Waals surface area contributed by atoms with Gasteiger partial charge in [0.2, 0.25) is 0 Å². The number of piperazine rings is 1. The second-order valence-electron chi connectivity index (χ2n) is 8.61. The van der Waals surface area contributed by atoms with Crippen LogP contribution in [0.2, 0.25) is 0 Å². The van der Waals surface area contributed by atoms with Crippen molar-refractivity contribution in [1.82, 2.24) is 14.7 Å². The molecule has 1 amide bonds. The van der Waals surface area contributed by atoms with Crippen LogP contribution in [-0.2, 0) is 0 Å². The predicted molar refractivity (Wildman–Crippen MR) is 130 cm³/mol. The molecule has 32 heavy (non-hydrogen) atoms. The van der Waals surface area contributed by atoms with E-state index in [2.05, 4.69) is 39.3 Å². The lowest BCUT2D eigenvalue weighted by Gasteiger charge is -2.35. The number of amides is 1. The zero-order valence-corrected chi connectivity index (χ0v) is 19.3. The number of likely N-dealkylation sites (N-methyl/N-ethyl adjacent to an activating group) is 1. The first-order valence-electron chi connectivity index (χ1n) is 11.3. The summed E-state index contributed by atoms with van der Waals surface area (Å²) in [6.45, 7) is 13.2. The molecule has 1 aliphatic heterocycles. The van der Waals surface area contributed by atoms with Crippen LogP contribution in [0, 0.1) is 6.92 Å². The van der Waals surface area contributed by atoms with Gasteiger partial charge >= 0.3 is 0 Å². The first-order valence-corrected chi connectivity index (χ1v) is 11.3. The largest absolute Gasteiger partial charge is 0.369 e. The number of carbonyl (C=O) groups excluding carboxylic acids is 1. The molecule has 0 spiro atoms. The Morgan fingerprint density at radius 1 is 1.06 bits per heavy atom. The van der Waals surface area contributed by atoms with Crippen LogP contribution in [0.4, 0.5) is 11.4 Å². The van der Waals surface area contributed by atoms with Gasteiger partial charge in [-0.3, -0.25) is 9.59 Å². The fourth-order valence-corrected chi connectivity index (χ4v) is 4.21. The zero-order valence-electron chi connectivity index (χ0n) is 19.3. The van der Waals surface area contributed by atoms with E-state index in [4.69, 9.17) is 0 Å². The molecule has 1 aliphatic rings. The lowest BCUT2D eigenvalue weighted by Crippen LogP contribution is -2.46. The fourth-order valence-electron chi connectivity index (χ4n) is 4.21. The van der Waals surface area contributed by atoms with E-state index >= 15 is 0 Å². The molecule has 3 aromatic rings. The number of aryl methyl sites for hydroxylation is 1. The average molecular weight is 434 g/mol. The molecule has 4 rings (SSSR count). The summed E-state index contributed by atoms with van der Waals surface area (Å²) < 4.78 is 1.38. The third-order valence-corrected chi connectivity index (χ3v) is 6.18. The van der Waals surface area contributed by atoms with Crippen LogP contribution in [-0.4, -0.2) is 53.3 Å². The Bertz CT molecular complexity index is 1190. The van der Waals surface area contributed by atoms with E-state index < -0.39 is 0 Å². The molecule has 168 valence electrons. The highest BCUT2D eigenvalue weighted by Gasteiger charge is 2.20. The Morgan fingerprint density at radius 3 is 2.38 bits per heavy atom. The van der Waals surface area contributed by atoms with Gasteiger partial charge in [0, 0.05) is 42.9 Å². The fraction of sp³-hybridized carbons (Fsp3) is 0.400. The summed E-state index contributed by atoms with van der Waals surface area (Å²) in [5, 5.41) is 8.48. The highest BCUT2D eigenvalue weighted by atomic mass is 16.2. The Labute approximate surface area is 188 Å². The molecular formula is C25H31N5O2. The lowest BCUT2D eigenvalue weighted by molar-refractivity contribution is 0.102. The van der Waals surface area contributed by atoms with Crippen LogP contribution in [0.15, 0.2) is 47.3 Å². The molecular weight excluding hydrogens is 402 g/mol. The summed E-state index contributed by atoms with van der Waals surface area (Å²) >= 11 is 0. The van der Waals surface area contributed by atoms with Crippen LogP contribution < -0.4 is 15.8 Å². The van der Waals surface area contributed by atoms with Crippen molar-refractivity contribution < 1.29 is 4.79 Å². The van der Waals surface area contributed by atoms with Crippen LogP contribution in [0.25, 0.3) is 10.8 Å². The molecule has 2 heterocycles. The van der Waals surface area contributed by atoms with E-state index in [1.807, 2.05) is 32.9 Å². The molecule has 0 unspecified atom stereocenters. The van der Waals surface area contributed by atoms with Gasteiger partial charge in [-0.1, -0.05) is 25.1 Å². The summed E-state index contributed by atoms with van der Waals surface area (Å²) in [6, 6.07) is 13.1. The number of nitrogens with zero attached hydrogens (tertiary/aromatic N) is 4. The Hall–Kier alpha value is -3.19. The third-order valence-electron chi connectivity index (χ3n) is 6.18. The van der Waals surface area contributed by atoms with Crippen molar-refractivity contribution in [2.45, 2.75) is 33.7 Å². The van der Waals surface area contributed by atoms with Gasteiger partial charge in [-0.05, 0) is 57.1 Å². The molecule has 0 radical (unpaired) electrons. The van der Waals surface area contributed by atoms with Crippen molar-refractivity contribution in [1.29, 1.82) is 0 Å². The third kappa shape index (κ3) is 4.25. The predicted octanol–water partition coefficient (Wildman–Crippen LogP) is 3.68. The second-order valence-corrected chi connectivity index (χ2v) is 8.61.